The highest BCUT2D eigenvalue weighted by molar-refractivity contribution is 5.35. The lowest BCUT2D eigenvalue weighted by Crippen LogP contribution is -2.09. The van der Waals surface area contributed by atoms with Gasteiger partial charge in [-0.1, -0.05) is 20.3 Å². The van der Waals surface area contributed by atoms with Crippen LogP contribution in [0.3, 0.4) is 0 Å². The summed E-state index contributed by atoms with van der Waals surface area (Å²) in [6, 6.07) is 2.02. The number of unbranched alkanes of at least 4 members (excludes halogenated alkanes) is 1. The summed E-state index contributed by atoms with van der Waals surface area (Å²) in [5.74, 6) is 1.75. The molecule has 0 bridgehead atoms. The first-order valence-corrected chi connectivity index (χ1v) is 6.92. The number of nitrogens with one attached hydrogen (secondary N) is 1. The Morgan fingerprint density at radius 2 is 1.94 bits per heavy atom. The Labute approximate surface area is 110 Å². The van der Waals surface area contributed by atoms with Crippen LogP contribution in [0.25, 0.3) is 0 Å². The van der Waals surface area contributed by atoms with Gasteiger partial charge in [0, 0.05) is 31.5 Å². The molecule has 1 heterocycles. The molecule has 0 aliphatic rings. The smallest absolute Gasteiger partial charge is 0.129 e. The predicted molar refractivity (Wildman–Crippen MR) is 75.0 cm³/mol. The lowest BCUT2D eigenvalue weighted by molar-refractivity contribution is 0.131. The maximum atomic E-state index is 5.51. The van der Waals surface area contributed by atoms with Crippen molar-refractivity contribution in [2.45, 2.75) is 46.5 Å². The van der Waals surface area contributed by atoms with Crippen LogP contribution >= 0.6 is 0 Å². The van der Waals surface area contributed by atoms with Crippen molar-refractivity contribution in [2.24, 2.45) is 0 Å². The van der Waals surface area contributed by atoms with Crippen molar-refractivity contribution in [1.82, 2.24) is 9.97 Å². The number of hydrogen-bond acceptors (Lipinski definition) is 4. The molecule has 1 rings (SSSR count). The third kappa shape index (κ3) is 5.96. The fourth-order valence-corrected chi connectivity index (χ4v) is 1.64. The monoisotopic (exact) mass is 251 g/mol. The van der Waals surface area contributed by atoms with Crippen molar-refractivity contribution >= 4 is 5.82 Å². The van der Waals surface area contributed by atoms with Gasteiger partial charge in [0.15, 0.2) is 0 Å². The van der Waals surface area contributed by atoms with E-state index in [1.807, 2.05) is 13.0 Å². The summed E-state index contributed by atoms with van der Waals surface area (Å²) < 4.78 is 5.51. The van der Waals surface area contributed by atoms with Gasteiger partial charge in [-0.05, 0) is 26.2 Å². The van der Waals surface area contributed by atoms with Crippen LogP contribution in [0.5, 0.6) is 0 Å². The molecule has 0 unspecified atom stereocenters. The average Bonchev–Trinajstić information content (AvgIpc) is 2.37. The highest BCUT2D eigenvalue weighted by Crippen LogP contribution is 2.07. The Balaban J connectivity index is 2.20. The second-order valence-electron chi connectivity index (χ2n) is 4.39. The molecular formula is C14H25N3O. The second-order valence-corrected chi connectivity index (χ2v) is 4.39. The third-order valence-electron chi connectivity index (χ3n) is 2.67. The Bertz CT molecular complexity index is 342. The van der Waals surface area contributed by atoms with E-state index in [-0.39, 0.29) is 0 Å². The molecule has 0 atom stereocenters. The van der Waals surface area contributed by atoms with Gasteiger partial charge in [-0.25, -0.2) is 9.97 Å². The Morgan fingerprint density at radius 1 is 1.17 bits per heavy atom. The molecule has 0 fully saturated rings. The fraction of sp³-hybridized carbons (Fsp3) is 0.714. The summed E-state index contributed by atoms with van der Waals surface area (Å²) in [7, 11) is 0. The summed E-state index contributed by atoms with van der Waals surface area (Å²) in [6.07, 6.45) is 4.29. The van der Waals surface area contributed by atoms with Gasteiger partial charge in [-0.15, -0.1) is 0 Å². The van der Waals surface area contributed by atoms with Gasteiger partial charge in [0.05, 0.1) is 0 Å². The van der Waals surface area contributed by atoms with Gasteiger partial charge in [0.2, 0.25) is 0 Å². The van der Waals surface area contributed by atoms with Crippen LogP contribution in [0.15, 0.2) is 6.07 Å². The lowest BCUT2D eigenvalue weighted by Gasteiger charge is -2.08. The Morgan fingerprint density at radius 3 is 2.67 bits per heavy atom. The molecule has 0 saturated heterocycles. The highest BCUT2D eigenvalue weighted by Gasteiger charge is 1.99. The highest BCUT2D eigenvalue weighted by atomic mass is 16.5. The van der Waals surface area contributed by atoms with Crippen LogP contribution in [-0.4, -0.2) is 29.7 Å². The molecule has 1 aromatic heterocycles. The van der Waals surface area contributed by atoms with Crippen LogP contribution in [0, 0.1) is 6.92 Å². The first-order valence-electron chi connectivity index (χ1n) is 6.92. The van der Waals surface area contributed by atoms with E-state index in [0.717, 1.165) is 56.4 Å². The molecule has 0 saturated carbocycles. The van der Waals surface area contributed by atoms with Gasteiger partial charge >= 0.3 is 0 Å². The largest absolute Gasteiger partial charge is 0.381 e. The number of aryl methyl sites for hydroxylation is 2. The minimum Gasteiger partial charge on any atom is -0.381 e. The summed E-state index contributed by atoms with van der Waals surface area (Å²) in [6.45, 7) is 8.80. The number of hydrogen-bond donors (Lipinski definition) is 1. The molecule has 0 radical (unpaired) electrons. The fourth-order valence-electron chi connectivity index (χ4n) is 1.64. The first-order chi connectivity index (χ1) is 8.76. The number of rotatable bonds is 9. The van der Waals surface area contributed by atoms with E-state index in [1.165, 1.54) is 6.42 Å². The van der Waals surface area contributed by atoms with Crippen molar-refractivity contribution in [3.63, 3.8) is 0 Å². The lowest BCUT2D eigenvalue weighted by atomic mass is 10.3. The molecule has 0 aromatic carbocycles. The van der Waals surface area contributed by atoms with E-state index in [4.69, 9.17) is 4.74 Å². The van der Waals surface area contributed by atoms with E-state index in [1.54, 1.807) is 0 Å². The zero-order valence-electron chi connectivity index (χ0n) is 11.8. The molecule has 0 aliphatic heterocycles. The van der Waals surface area contributed by atoms with Gasteiger partial charge < -0.3 is 10.1 Å². The average molecular weight is 251 g/mol. The van der Waals surface area contributed by atoms with Crippen LogP contribution in [0.4, 0.5) is 5.82 Å². The Kier molecular flexibility index (Phi) is 7.34. The molecule has 1 N–H and O–H groups in total. The van der Waals surface area contributed by atoms with Crippen LogP contribution < -0.4 is 5.32 Å². The van der Waals surface area contributed by atoms with Gasteiger partial charge in [0.25, 0.3) is 0 Å². The van der Waals surface area contributed by atoms with Crippen molar-refractivity contribution in [2.75, 3.05) is 25.1 Å². The molecular weight excluding hydrogens is 226 g/mol. The quantitative estimate of drug-likeness (QED) is 0.685. The molecule has 0 spiro atoms. The van der Waals surface area contributed by atoms with Gasteiger partial charge in [-0.2, -0.15) is 0 Å². The molecule has 0 aliphatic carbocycles. The van der Waals surface area contributed by atoms with E-state index < -0.39 is 0 Å². The van der Waals surface area contributed by atoms with E-state index in [9.17, 15) is 0 Å². The molecule has 4 heteroatoms. The molecule has 1 aromatic rings. The van der Waals surface area contributed by atoms with Crippen molar-refractivity contribution in [3.8, 4) is 0 Å². The SMILES string of the molecule is CCCCOCCCNc1cc(CC)nc(C)n1. The molecule has 0 amide bonds. The van der Waals surface area contributed by atoms with Crippen molar-refractivity contribution in [1.29, 1.82) is 0 Å². The van der Waals surface area contributed by atoms with Crippen LogP contribution in [0.1, 0.15) is 44.6 Å². The topological polar surface area (TPSA) is 47.0 Å². The van der Waals surface area contributed by atoms with E-state index in [2.05, 4.69) is 29.1 Å². The zero-order chi connectivity index (χ0) is 13.2. The number of ether oxygens (including phenoxy) is 1. The standard InChI is InChI=1S/C14H25N3O/c1-4-6-9-18-10-7-8-15-14-11-13(5-2)16-12(3)17-14/h11H,4-10H2,1-3H3,(H,15,16,17). The molecule has 102 valence electrons. The van der Waals surface area contributed by atoms with E-state index in [0.29, 0.717) is 0 Å². The van der Waals surface area contributed by atoms with Crippen LogP contribution in [0.2, 0.25) is 0 Å². The summed E-state index contributed by atoms with van der Waals surface area (Å²) >= 11 is 0. The van der Waals surface area contributed by atoms with Crippen LogP contribution in [-0.2, 0) is 11.2 Å². The zero-order valence-corrected chi connectivity index (χ0v) is 11.8. The van der Waals surface area contributed by atoms with Crippen molar-refractivity contribution < 1.29 is 4.74 Å². The van der Waals surface area contributed by atoms with Gasteiger partial charge in [-0.3, -0.25) is 0 Å². The maximum Gasteiger partial charge on any atom is 0.129 e. The Hall–Kier alpha value is -1.16. The summed E-state index contributed by atoms with van der Waals surface area (Å²) in [4.78, 5) is 8.72. The number of nitrogens with zero attached hydrogens (tertiary/aromatic N) is 2. The molecule has 4 nitrogen and oxygen atoms in total. The predicted octanol–water partition coefficient (Wildman–Crippen LogP) is 2.97. The van der Waals surface area contributed by atoms with E-state index >= 15 is 0 Å². The number of anilines is 1. The van der Waals surface area contributed by atoms with Crippen molar-refractivity contribution in [3.05, 3.63) is 17.6 Å². The molecule has 18 heavy (non-hydrogen) atoms. The normalized spacial score (nSPS) is 10.6. The minimum atomic E-state index is 0.817. The maximum absolute atomic E-state index is 5.51. The second kappa shape index (κ2) is 8.86. The third-order valence-corrected chi connectivity index (χ3v) is 2.67. The summed E-state index contributed by atoms with van der Waals surface area (Å²) in [5, 5.41) is 3.32. The number of aromatic nitrogens is 2. The first kappa shape index (κ1) is 14.9. The summed E-state index contributed by atoms with van der Waals surface area (Å²) in [5.41, 5.74) is 1.09. The van der Waals surface area contributed by atoms with Gasteiger partial charge in [0.1, 0.15) is 11.6 Å². The minimum absolute atomic E-state index is 0.817.